The van der Waals surface area contributed by atoms with Crippen LogP contribution in [0.3, 0.4) is 0 Å². The van der Waals surface area contributed by atoms with Crippen LogP contribution in [-0.4, -0.2) is 62.8 Å². The Bertz CT molecular complexity index is 718. The molecule has 1 N–H and O–H groups in total. The lowest BCUT2D eigenvalue weighted by molar-refractivity contribution is -0.126. The molecule has 25 heavy (non-hydrogen) atoms. The molecule has 1 aromatic rings. The van der Waals surface area contributed by atoms with Crippen LogP contribution in [-0.2, 0) is 14.8 Å². The molecule has 0 spiro atoms. The number of nitrogens with zero attached hydrogens (tertiary/aromatic N) is 2. The normalized spacial score (nSPS) is 22.3. The van der Waals surface area contributed by atoms with Crippen LogP contribution in [0.15, 0.2) is 20.1 Å². The molecule has 1 saturated heterocycles. The van der Waals surface area contributed by atoms with Crippen LogP contribution < -0.4 is 5.32 Å². The van der Waals surface area contributed by atoms with Gasteiger partial charge < -0.3 is 10.2 Å². The largest absolute Gasteiger partial charge is 0.355 e. The highest BCUT2D eigenvalue weighted by atomic mass is 79.9. The molecule has 0 aromatic carbocycles. The number of piperidine rings is 1. The standard InChI is InChI=1S/C16H24BrN3O3S2/c1-19(13-4-5-13)10-8-18-16(21)12-3-2-9-20(11-12)25(22,23)15-7-6-14(17)24-15/h6-7,12-13H,2-5,8-11H2,1H3,(H,18,21). The summed E-state index contributed by atoms with van der Waals surface area (Å²) in [5.74, 6) is -0.297. The van der Waals surface area contributed by atoms with Crippen molar-refractivity contribution in [3.63, 3.8) is 0 Å². The Balaban J connectivity index is 1.54. The number of rotatable bonds is 7. The first-order valence-corrected chi connectivity index (χ1v) is 11.7. The van der Waals surface area contributed by atoms with Gasteiger partial charge in [-0.2, -0.15) is 4.31 Å². The van der Waals surface area contributed by atoms with Crippen molar-refractivity contribution in [1.82, 2.24) is 14.5 Å². The Morgan fingerprint density at radius 3 is 2.80 bits per heavy atom. The summed E-state index contributed by atoms with van der Waals surface area (Å²) in [6, 6.07) is 4.03. The number of sulfonamides is 1. The Hall–Kier alpha value is -0.480. The molecular weight excluding hydrogens is 426 g/mol. The van der Waals surface area contributed by atoms with Gasteiger partial charge in [-0.3, -0.25) is 4.79 Å². The molecule has 1 unspecified atom stereocenters. The lowest BCUT2D eigenvalue weighted by Gasteiger charge is -2.31. The summed E-state index contributed by atoms with van der Waals surface area (Å²) in [7, 11) is -1.43. The smallest absolute Gasteiger partial charge is 0.252 e. The average molecular weight is 450 g/mol. The fourth-order valence-electron chi connectivity index (χ4n) is 3.14. The molecule has 6 nitrogen and oxygen atoms in total. The third kappa shape index (κ3) is 4.82. The Morgan fingerprint density at radius 2 is 2.16 bits per heavy atom. The van der Waals surface area contributed by atoms with E-state index in [2.05, 4.69) is 33.2 Å². The number of nitrogens with one attached hydrogen (secondary N) is 1. The maximum atomic E-state index is 12.7. The summed E-state index contributed by atoms with van der Waals surface area (Å²) in [5.41, 5.74) is 0. The van der Waals surface area contributed by atoms with Gasteiger partial charge >= 0.3 is 0 Å². The summed E-state index contributed by atoms with van der Waals surface area (Å²) in [5, 5.41) is 2.97. The highest BCUT2D eigenvalue weighted by Crippen LogP contribution is 2.31. The van der Waals surface area contributed by atoms with Crippen LogP contribution in [0, 0.1) is 5.92 Å². The maximum absolute atomic E-state index is 12.7. The number of hydrogen-bond acceptors (Lipinski definition) is 5. The SMILES string of the molecule is CN(CCNC(=O)C1CCCN(S(=O)(=O)c2ccc(Br)s2)C1)C1CC1. The third-order valence-electron chi connectivity index (χ3n) is 4.83. The van der Waals surface area contributed by atoms with E-state index in [0.29, 0.717) is 29.8 Å². The molecule has 1 aliphatic heterocycles. The molecule has 9 heteroatoms. The molecule has 140 valence electrons. The molecule has 0 radical (unpaired) electrons. The zero-order valence-corrected chi connectivity index (χ0v) is 17.5. The molecular formula is C16H24BrN3O3S2. The molecule has 1 amide bonds. The fraction of sp³-hybridized carbons (Fsp3) is 0.688. The van der Waals surface area contributed by atoms with Crippen LogP contribution >= 0.6 is 27.3 Å². The predicted molar refractivity (Wildman–Crippen MR) is 102 cm³/mol. The lowest BCUT2D eigenvalue weighted by atomic mass is 9.99. The monoisotopic (exact) mass is 449 g/mol. The van der Waals surface area contributed by atoms with Crippen LogP contribution in [0.4, 0.5) is 0 Å². The molecule has 2 fully saturated rings. The number of likely N-dealkylation sites (N-methyl/N-ethyl adjacent to an activating group) is 1. The van der Waals surface area contributed by atoms with Crippen LogP contribution in [0.25, 0.3) is 0 Å². The van der Waals surface area contributed by atoms with Gasteiger partial charge in [-0.25, -0.2) is 8.42 Å². The van der Waals surface area contributed by atoms with Gasteiger partial charge in [-0.05, 0) is 60.8 Å². The van der Waals surface area contributed by atoms with Crippen molar-refractivity contribution in [2.75, 3.05) is 33.2 Å². The zero-order valence-electron chi connectivity index (χ0n) is 14.3. The van der Waals surface area contributed by atoms with Gasteiger partial charge in [0.25, 0.3) is 10.0 Å². The van der Waals surface area contributed by atoms with E-state index < -0.39 is 10.0 Å². The predicted octanol–water partition coefficient (Wildman–Crippen LogP) is 2.12. The number of thiophene rings is 1. The first kappa shape index (κ1) is 19.3. The van der Waals surface area contributed by atoms with E-state index in [4.69, 9.17) is 0 Å². The van der Waals surface area contributed by atoms with E-state index >= 15 is 0 Å². The lowest BCUT2D eigenvalue weighted by Crippen LogP contribution is -2.46. The number of amides is 1. The Kier molecular flexibility index (Phi) is 6.20. The molecule has 2 heterocycles. The van der Waals surface area contributed by atoms with Crippen molar-refractivity contribution in [3.05, 3.63) is 15.9 Å². The maximum Gasteiger partial charge on any atom is 0.252 e. The second-order valence-corrected chi connectivity index (χ2v) is 11.4. The minimum atomic E-state index is -3.51. The minimum absolute atomic E-state index is 0.0311. The van der Waals surface area contributed by atoms with Gasteiger partial charge in [0.1, 0.15) is 4.21 Å². The van der Waals surface area contributed by atoms with Gasteiger partial charge in [0, 0.05) is 32.2 Å². The van der Waals surface area contributed by atoms with E-state index in [-0.39, 0.29) is 18.4 Å². The molecule has 3 rings (SSSR count). The molecule has 1 aromatic heterocycles. The summed E-state index contributed by atoms with van der Waals surface area (Å²) in [6.45, 7) is 2.20. The van der Waals surface area contributed by atoms with Crippen molar-refractivity contribution in [2.45, 2.75) is 35.9 Å². The van der Waals surface area contributed by atoms with Crippen molar-refractivity contribution in [1.29, 1.82) is 0 Å². The van der Waals surface area contributed by atoms with Crippen molar-refractivity contribution >= 4 is 43.2 Å². The number of carbonyl (C=O) groups is 1. The van der Waals surface area contributed by atoms with Crippen LogP contribution in [0.2, 0.25) is 0 Å². The first-order valence-electron chi connectivity index (χ1n) is 8.61. The van der Waals surface area contributed by atoms with Gasteiger partial charge in [-0.15, -0.1) is 11.3 Å². The number of hydrogen-bond donors (Lipinski definition) is 1. The highest BCUT2D eigenvalue weighted by Gasteiger charge is 2.34. The van der Waals surface area contributed by atoms with Crippen molar-refractivity contribution < 1.29 is 13.2 Å². The molecule has 1 saturated carbocycles. The molecule has 2 aliphatic rings. The topological polar surface area (TPSA) is 69.7 Å². The summed E-state index contributed by atoms with van der Waals surface area (Å²) in [4.78, 5) is 14.7. The summed E-state index contributed by atoms with van der Waals surface area (Å²) >= 11 is 4.51. The minimum Gasteiger partial charge on any atom is -0.355 e. The first-order chi connectivity index (χ1) is 11.9. The van der Waals surface area contributed by atoms with E-state index in [1.54, 1.807) is 12.1 Å². The zero-order chi connectivity index (χ0) is 18.0. The van der Waals surface area contributed by atoms with Gasteiger partial charge in [-0.1, -0.05) is 0 Å². The average Bonchev–Trinajstić information content (AvgIpc) is 3.35. The van der Waals surface area contributed by atoms with Gasteiger partial charge in [0.2, 0.25) is 5.91 Å². The van der Waals surface area contributed by atoms with Crippen LogP contribution in [0.1, 0.15) is 25.7 Å². The van der Waals surface area contributed by atoms with Crippen molar-refractivity contribution in [3.8, 4) is 0 Å². The quantitative estimate of drug-likeness (QED) is 0.691. The fourth-order valence-corrected chi connectivity index (χ4v) is 6.82. The second-order valence-electron chi connectivity index (χ2n) is 6.76. The summed E-state index contributed by atoms with van der Waals surface area (Å²) in [6.07, 6.45) is 3.95. The van der Waals surface area contributed by atoms with E-state index in [1.807, 2.05) is 0 Å². The van der Waals surface area contributed by atoms with Crippen LogP contribution in [0.5, 0.6) is 0 Å². The molecule has 1 atom stereocenters. The highest BCUT2D eigenvalue weighted by molar-refractivity contribution is 9.11. The van der Waals surface area contributed by atoms with Gasteiger partial charge in [0.15, 0.2) is 0 Å². The Labute approximate surface area is 161 Å². The van der Waals surface area contributed by atoms with E-state index in [0.717, 1.165) is 16.8 Å². The second kappa shape index (κ2) is 8.04. The third-order valence-corrected chi connectivity index (χ3v) is 8.79. The van der Waals surface area contributed by atoms with E-state index in [1.165, 1.54) is 28.5 Å². The molecule has 0 bridgehead atoms. The number of carbonyl (C=O) groups excluding carboxylic acids is 1. The van der Waals surface area contributed by atoms with E-state index in [9.17, 15) is 13.2 Å². The number of halogens is 1. The Morgan fingerprint density at radius 1 is 1.40 bits per heavy atom. The van der Waals surface area contributed by atoms with Gasteiger partial charge in [0.05, 0.1) is 9.70 Å². The van der Waals surface area contributed by atoms with Crippen molar-refractivity contribution in [2.24, 2.45) is 5.92 Å². The summed E-state index contributed by atoms with van der Waals surface area (Å²) < 4.78 is 28.0. The molecule has 1 aliphatic carbocycles.